The maximum atomic E-state index is 6.24. The SMILES string of the molecule is CSc1nc(Cl)c2c(Br)cn(COCC[Si-](C)(C)C)c2n1. The summed E-state index contributed by atoms with van der Waals surface area (Å²) in [5.41, 5.74) is 0.805. The molecule has 0 radical (unpaired) electrons. The third kappa shape index (κ3) is 4.45. The van der Waals surface area contributed by atoms with Crippen molar-refractivity contribution < 1.29 is 4.74 Å². The molecule has 0 bridgehead atoms. The van der Waals surface area contributed by atoms with Gasteiger partial charge in [-0.25, -0.2) is 9.97 Å². The summed E-state index contributed by atoms with van der Waals surface area (Å²) >= 11 is 11.2. The second-order valence-electron chi connectivity index (χ2n) is 5.99. The normalized spacial score (nSPS) is 12.3. The first kappa shape index (κ1) is 17.3. The molecule has 4 nitrogen and oxygen atoms in total. The standard InChI is InChI=1S/C13H19BrClN3OSSi/c1-20-13-16-11(15)10-9(14)7-18(12(10)17-13)8-19-5-6-21(2,3)4/h7H,5-6,8H2,1-4H3/q-1. The fourth-order valence-corrected chi connectivity index (χ4v) is 3.97. The van der Waals surface area contributed by atoms with E-state index in [2.05, 4.69) is 45.5 Å². The van der Waals surface area contributed by atoms with E-state index in [1.165, 1.54) is 11.8 Å². The van der Waals surface area contributed by atoms with Crippen LogP contribution in [0, 0.1) is 0 Å². The number of thioether (sulfide) groups is 1. The predicted octanol–water partition coefficient (Wildman–Crippen LogP) is 4.88. The van der Waals surface area contributed by atoms with E-state index in [9.17, 15) is 0 Å². The molecule has 0 aliphatic rings. The average molecular weight is 409 g/mol. The number of hydrogen-bond donors (Lipinski definition) is 0. The zero-order chi connectivity index (χ0) is 15.6. The third-order valence-electron chi connectivity index (χ3n) is 3.01. The molecule has 0 atom stereocenters. The Bertz CT molecular complexity index is 644. The fourth-order valence-electron chi connectivity index (χ4n) is 1.81. The highest BCUT2D eigenvalue weighted by Gasteiger charge is 2.14. The first-order valence-electron chi connectivity index (χ1n) is 6.65. The van der Waals surface area contributed by atoms with Gasteiger partial charge in [0, 0.05) is 17.3 Å². The van der Waals surface area contributed by atoms with Crippen LogP contribution < -0.4 is 0 Å². The van der Waals surface area contributed by atoms with Gasteiger partial charge in [-0.2, -0.15) is 19.6 Å². The van der Waals surface area contributed by atoms with Crippen LogP contribution in [-0.4, -0.2) is 35.5 Å². The molecule has 0 spiro atoms. The van der Waals surface area contributed by atoms with E-state index >= 15 is 0 Å². The van der Waals surface area contributed by atoms with Crippen LogP contribution in [0.2, 0.25) is 30.8 Å². The second-order valence-corrected chi connectivity index (χ2v) is 13.6. The Morgan fingerprint density at radius 3 is 2.71 bits per heavy atom. The van der Waals surface area contributed by atoms with E-state index in [0.717, 1.165) is 28.2 Å². The summed E-state index contributed by atoms with van der Waals surface area (Å²) in [5, 5.41) is 1.97. The first-order valence-corrected chi connectivity index (χ1v) is 12.8. The highest BCUT2D eigenvalue weighted by atomic mass is 79.9. The molecular weight excluding hydrogens is 390 g/mol. The van der Waals surface area contributed by atoms with Crippen molar-refractivity contribution in [1.29, 1.82) is 0 Å². The van der Waals surface area contributed by atoms with Crippen LogP contribution in [0.15, 0.2) is 15.8 Å². The Kier molecular flexibility index (Phi) is 5.75. The van der Waals surface area contributed by atoms with Crippen molar-refractivity contribution in [2.75, 3.05) is 12.9 Å². The van der Waals surface area contributed by atoms with Gasteiger partial charge in [-0.3, -0.25) is 0 Å². The van der Waals surface area contributed by atoms with Crippen molar-refractivity contribution in [3.8, 4) is 0 Å². The second kappa shape index (κ2) is 7.00. The van der Waals surface area contributed by atoms with Crippen LogP contribution in [0.25, 0.3) is 11.0 Å². The summed E-state index contributed by atoms with van der Waals surface area (Å²) in [7, 11) is -1.06. The van der Waals surface area contributed by atoms with Crippen molar-refractivity contribution >= 4 is 58.4 Å². The molecule has 2 rings (SSSR count). The Hall–Kier alpha value is -0.0831. The van der Waals surface area contributed by atoms with Gasteiger partial charge in [-0.05, 0) is 22.2 Å². The van der Waals surface area contributed by atoms with Gasteiger partial charge < -0.3 is 9.30 Å². The van der Waals surface area contributed by atoms with Crippen LogP contribution in [0.4, 0.5) is 0 Å². The number of halogens is 2. The first-order chi connectivity index (χ1) is 9.81. The molecule has 0 saturated carbocycles. The minimum absolute atomic E-state index is 0.470. The molecule has 2 heterocycles. The van der Waals surface area contributed by atoms with Gasteiger partial charge in [-0.1, -0.05) is 23.4 Å². The largest absolute Gasteiger partial charge is 0.364 e. The highest BCUT2D eigenvalue weighted by Crippen LogP contribution is 2.31. The van der Waals surface area contributed by atoms with Gasteiger partial charge >= 0.3 is 0 Å². The van der Waals surface area contributed by atoms with Crippen molar-refractivity contribution in [2.24, 2.45) is 0 Å². The molecule has 117 valence electrons. The van der Waals surface area contributed by atoms with E-state index in [0.29, 0.717) is 17.0 Å². The van der Waals surface area contributed by atoms with Crippen molar-refractivity contribution in [2.45, 2.75) is 37.6 Å². The molecule has 8 heteroatoms. The summed E-state index contributed by atoms with van der Waals surface area (Å²) < 4.78 is 8.66. The number of ether oxygens (including phenoxy) is 1. The number of fused-ring (bicyclic) bond motifs is 1. The summed E-state index contributed by atoms with van der Waals surface area (Å²) in [6.07, 6.45) is 3.88. The molecular formula is C13H19BrClN3OSSi-. The Morgan fingerprint density at radius 1 is 1.38 bits per heavy atom. The van der Waals surface area contributed by atoms with E-state index in [-0.39, 0.29) is 0 Å². The fraction of sp³-hybridized carbons (Fsp3) is 0.538. The van der Waals surface area contributed by atoms with Gasteiger partial charge in [0.05, 0.1) is 5.39 Å². The zero-order valence-corrected chi connectivity index (χ0v) is 16.8. The molecule has 0 aliphatic heterocycles. The number of aromatic nitrogens is 3. The summed E-state index contributed by atoms with van der Waals surface area (Å²) in [6.45, 7) is 8.29. The molecule has 21 heavy (non-hydrogen) atoms. The van der Waals surface area contributed by atoms with Crippen molar-refractivity contribution in [1.82, 2.24) is 14.5 Å². The average Bonchev–Trinajstić information content (AvgIpc) is 2.70. The number of nitrogens with zero attached hydrogens (tertiary/aromatic N) is 3. The van der Waals surface area contributed by atoms with Crippen molar-refractivity contribution in [3.05, 3.63) is 15.8 Å². The lowest BCUT2D eigenvalue weighted by molar-refractivity contribution is 0.0897. The quantitative estimate of drug-likeness (QED) is 0.224. The molecule has 0 aliphatic carbocycles. The predicted molar refractivity (Wildman–Crippen MR) is 96.1 cm³/mol. The van der Waals surface area contributed by atoms with Crippen molar-refractivity contribution in [3.63, 3.8) is 0 Å². The van der Waals surface area contributed by atoms with E-state index < -0.39 is 8.07 Å². The Labute approximate surface area is 143 Å². The molecule has 0 N–H and O–H groups in total. The lowest BCUT2D eigenvalue weighted by atomic mass is 10.4. The number of rotatable bonds is 6. The highest BCUT2D eigenvalue weighted by molar-refractivity contribution is 9.10. The van der Waals surface area contributed by atoms with E-state index in [4.69, 9.17) is 16.3 Å². The Balaban J connectivity index is 2.18. The lowest BCUT2D eigenvalue weighted by Gasteiger charge is -2.26. The maximum Gasteiger partial charge on any atom is 0.190 e. The third-order valence-corrected chi connectivity index (χ3v) is 6.14. The van der Waals surface area contributed by atoms with Gasteiger partial charge in [0.15, 0.2) is 5.16 Å². The molecule has 0 aromatic carbocycles. The van der Waals surface area contributed by atoms with Gasteiger partial charge in [0.25, 0.3) is 0 Å². The smallest absolute Gasteiger partial charge is 0.190 e. The van der Waals surface area contributed by atoms with Crippen LogP contribution in [0.5, 0.6) is 0 Å². The summed E-state index contributed by atoms with van der Waals surface area (Å²) in [5.74, 6) is 0. The van der Waals surface area contributed by atoms with Crippen LogP contribution >= 0.6 is 39.3 Å². The topological polar surface area (TPSA) is 39.9 Å². The molecule has 0 unspecified atom stereocenters. The molecule has 0 amide bonds. The molecule has 0 saturated heterocycles. The number of hydrogen-bond acceptors (Lipinski definition) is 4. The minimum Gasteiger partial charge on any atom is -0.364 e. The minimum atomic E-state index is -1.06. The van der Waals surface area contributed by atoms with E-state index in [1.807, 2.05) is 17.0 Å². The summed E-state index contributed by atoms with van der Waals surface area (Å²) in [4.78, 5) is 8.79. The molecule has 2 aromatic heterocycles. The molecule has 0 fully saturated rings. The zero-order valence-electron chi connectivity index (χ0n) is 12.6. The van der Waals surface area contributed by atoms with Gasteiger partial charge in [0.1, 0.15) is 17.5 Å². The lowest BCUT2D eigenvalue weighted by Crippen LogP contribution is -2.22. The Morgan fingerprint density at radius 2 is 2.10 bits per heavy atom. The maximum absolute atomic E-state index is 6.24. The van der Waals surface area contributed by atoms with Crippen LogP contribution in [-0.2, 0) is 11.5 Å². The van der Waals surface area contributed by atoms with Crippen LogP contribution in [0.1, 0.15) is 0 Å². The monoisotopic (exact) mass is 407 g/mol. The molecule has 2 aromatic rings. The van der Waals surface area contributed by atoms with Crippen LogP contribution in [0.3, 0.4) is 0 Å². The van der Waals surface area contributed by atoms with Gasteiger partial charge in [0.2, 0.25) is 0 Å². The van der Waals surface area contributed by atoms with Gasteiger partial charge in [-0.15, -0.1) is 14.1 Å². The summed E-state index contributed by atoms with van der Waals surface area (Å²) in [6, 6.07) is 1.15. The van der Waals surface area contributed by atoms with E-state index in [1.54, 1.807) is 0 Å².